The number of rotatable bonds is 5. The molecule has 0 heterocycles. The lowest BCUT2D eigenvalue weighted by molar-refractivity contribution is -0.125. The van der Waals surface area contributed by atoms with Crippen molar-refractivity contribution in [3.05, 3.63) is 0 Å². The molecule has 22 heavy (non-hydrogen) atoms. The lowest BCUT2D eigenvalue weighted by Crippen LogP contribution is -2.40. The van der Waals surface area contributed by atoms with Crippen LogP contribution in [-0.2, 0) is 9.53 Å². The van der Waals surface area contributed by atoms with Crippen LogP contribution in [-0.4, -0.2) is 18.1 Å². The normalized spacial score (nSPS) is 32.3. The topological polar surface area (TPSA) is 62.1 Å². The third-order valence-corrected chi connectivity index (χ3v) is 5.40. The van der Waals surface area contributed by atoms with Crippen LogP contribution in [0, 0.1) is 29.3 Å². The maximum absolute atomic E-state index is 11.7. The van der Waals surface area contributed by atoms with Crippen molar-refractivity contribution in [1.82, 2.24) is 5.32 Å². The zero-order valence-corrected chi connectivity index (χ0v) is 14.0. The monoisotopic (exact) mass is 306 g/mol. The van der Waals surface area contributed by atoms with Crippen molar-refractivity contribution in [2.45, 2.75) is 83.8 Å². The summed E-state index contributed by atoms with van der Waals surface area (Å²) in [6, 6.07) is 0.394. The average molecular weight is 306 g/mol. The SMILES string of the molecule is CC(C)C(=O)NC1CCC(CC2CCC(OC#N)CC2)CC1. The molecule has 2 aliphatic rings. The van der Waals surface area contributed by atoms with E-state index < -0.39 is 0 Å². The van der Waals surface area contributed by atoms with Crippen LogP contribution in [0.1, 0.15) is 71.6 Å². The smallest absolute Gasteiger partial charge is 0.286 e. The Kier molecular flexibility index (Phi) is 6.54. The van der Waals surface area contributed by atoms with E-state index in [-0.39, 0.29) is 17.9 Å². The third-order valence-electron chi connectivity index (χ3n) is 5.40. The lowest BCUT2D eigenvalue weighted by Gasteiger charge is -2.34. The number of carbonyl (C=O) groups excluding carboxylic acids is 1. The number of ether oxygens (including phenoxy) is 1. The van der Waals surface area contributed by atoms with Gasteiger partial charge in [-0.25, -0.2) is 0 Å². The Labute approximate surface area is 134 Å². The fraction of sp³-hybridized carbons (Fsp3) is 0.889. The molecule has 0 aromatic carbocycles. The van der Waals surface area contributed by atoms with Gasteiger partial charge in [-0.1, -0.05) is 13.8 Å². The molecule has 0 atom stereocenters. The molecule has 4 heteroatoms. The van der Waals surface area contributed by atoms with Gasteiger partial charge in [-0.2, -0.15) is 5.26 Å². The van der Waals surface area contributed by atoms with Gasteiger partial charge in [-0.15, -0.1) is 0 Å². The van der Waals surface area contributed by atoms with Crippen LogP contribution in [0.4, 0.5) is 0 Å². The second-order valence-corrected chi connectivity index (χ2v) is 7.47. The number of hydrogen-bond donors (Lipinski definition) is 1. The molecule has 2 rings (SSSR count). The second-order valence-electron chi connectivity index (χ2n) is 7.47. The number of nitriles is 1. The first-order valence-corrected chi connectivity index (χ1v) is 8.93. The van der Waals surface area contributed by atoms with Gasteiger partial charge in [0.2, 0.25) is 5.91 Å². The van der Waals surface area contributed by atoms with Gasteiger partial charge in [0.15, 0.2) is 0 Å². The first kappa shape index (κ1) is 17.1. The Morgan fingerprint density at radius 2 is 1.64 bits per heavy atom. The van der Waals surface area contributed by atoms with Crippen LogP contribution in [0.3, 0.4) is 0 Å². The molecule has 0 bridgehead atoms. The number of nitrogens with one attached hydrogen (secondary N) is 1. The summed E-state index contributed by atoms with van der Waals surface area (Å²) >= 11 is 0. The predicted molar refractivity (Wildman–Crippen MR) is 85.8 cm³/mol. The van der Waals surface area contributed by atoms with Crippen LogP contribution in [0.15, 0.2) is 0 Å². The Morgan fingerprint density at radius 1 is 1.09 bits per heavy atom. The molecule has 2 fully saturated rings. The van der Waals surface area contributed by atoms with E-state index >= 15 is 0 Å². The Morgan fingerprint density at radius 3 is 2.14 bits per heavy atom. The van der Waals surface area contributed by atoms with E-state index in [1.807, 2.05) is 20.1 Å². The van der Waals surface area contributed by atoms with Gasteiger partial charge >= 0.3 is 0 Å². The van der Waals surface area contributed by atoms with Crippen molar-refractivity contribution in [3.8, 4) is 6.26 Å². The van der Waals surface area contributed by atoms with Crippen molar-refractivity contribution < 1.29 is 9.53 Å². The van der Waals surface area contributed by atoms with Gasteiger partial charge in [0.25, 0.3) is 6.26 Å². The minimum Gasteiger partial charge on any atom is -0.424 e. The van der Waals surface area contributed by atoms with Crippen LogP contribution in [0.25, 0.3) is 0 Å². The largest absolute Gasteiger partial charge is 0.424 e. The predicted octanol–water partition coefficient (Wildman–Crippen LogP) is 3.76. The van der Waals surface area contributed by atoms with Gasteiger partial charge in [-0.3, -0.25) is 4.79 Å². The molecule has 0 saturated heterocycles. The van der Waals surface area contributed by atoms with Gasteiger partial charge in [0.05, 0.1) is 0 Å². The summed E-state index contributed by atoms with van der Waals surface area (Å²) in [5, 5.41) is 11.7. The van der Waals surface area contributed by atoms with E-state index in [1.165, 1.54) is 32.1 Å². The number of amides is 1. The third kappa shape index (κ3) is 5.19. The summed E-state index contributed by atoms with van der Waals surface area (Å²) in [6.45, 7) is 3.90. The van der Waals surface area contributed by atoms with Crippen LogP contribution < -0.4 is 5.32 Å². The molecule has 0 spiro atoms. The quantitative estimate of drug-likeness (QED) is 0.787. The van der Waals surface area contributed by atoms with Gasteiger partial charge in [0, 0.05) is 12.0 Å². The molecule has 4 nitrogen and oxygen atoms in total. The van der Waals surface area contributed by atoms with E-state index in [0.29, 0.717) is 6.04 Å². The first-order valence-electron chi connectivity index (χ1n) is 8.93. The highest BCUT2D eigenvalue weighted by atomic mass is 16.5. The molecule has 124 valence electrons. The van der Waals surface area contributed by atoms with Crippen molar-refractivity contribution in [1.29, 1.82) is 5.26 Å². The van der Waals surface area contributed by atoms with Crippen LogP contribution in [0.2, 0.25) is 0 Å². The highest BCUT2D eigenvalue weighted by Gasteiger charge is 2.28. The molecular weight excluding hydrogens is 276 g/mol. The average Bonchev–Trinajstić information content (AvgIpc) is 2.51. The molecule has 1 N–H and O–H groups in total. The molecule has 0 aliphatic heterocycles. The van der Waals surface area contributed by atoms with E-state index in [2.05, 4.69) is 5.32 Å². The van der Waals surface area contributed by atoms with Crippen molar-refractivity contribution in [2.75, 3.05) is 0 Å². The summed E-state index contributed by atoms with van der Waals surface area (Å²) in [6.07, 6.45) is 12.6. The molecule has 2 aliphatic carbocycles. The molecule has 0 unspecified atom stereocenters. The highest BCUT2D eigenvalue weighted by Crippen LogP contribution is 2.36. The van der Waals surface area contributed by atoms with Crippen molar-refractivity contribution in [3.63, 3.8) is 0 Å². The van der Waals surface area contributed by atoms with E-state index in [1.54, 1.807) is 0 Å². The van der Waals surface area contributed by atoms with E-state index in [9.17, 15) is 4.79 Å². The van der Waals surface area contributed by atoms with Gasteiger partial charge in [0.1, 0.15) is 6.10 Å². The van der Waals surface area contributed by atoms with Crippen LogP contribution in [0.5, 0.6) is 0 Å². The van der Waals surface area contributed by atoms with Gasteiger partial charge in [-0.05, 0) is 69.6 Å². The molecule has 0 radical (unpaired) electrons. The summed E-state index contributed by atoms with van der Waals surface area (Å²) in [4.78, 5) is 11.7. The number of carbonyl (C=O) groups is 1. The summed E-state index contributed by atoms with van der Waals surface area (Å²) < 4.78 is 5.06. The highest BCUT2D eigenvalue weighted by molar-refractivity contribution is 5.78. The number of hydrogen-bond acceptors (Lipinski definition) is 3. The Bertz CT molecular complexity index is 386. The molecule has 2 saturated carbocycles. The first-order chi connectivity index (χ1) is 10.6. The van der Waals surface area contributed by atoms with Crippen molar-refractivity contribution in [2.24, 2.45) is 17.8 Å². The minimum absolute atomic E-state index is 0.0866. The lowest BCUT2D eigenvalue weighted by atomic mass is 9.76. The molecule has 0 aromatic rings. The summed E-state index contributed by atoms with van der Waals surface area (Å²) in [5.74, 6) is 1.92. The summed E-state index contributed by atoms with van der Waals surface area (Å²) in [5.41, 5.74) is 0. The zero-order chi connectivity index (χ0) is 15.9. The maximum atomic E-state index is 11.7. The number of nitrogens with zero attached hydrogens (tertiary/aromatic N) is 1. The van der Waals surface area contributed by atoms with Crippen LogP contribution >= 0.6 is 0 Å². The zero-order valence-electron chi connectivity index (χ0n) is 14.0. The second kappa shape index (κ2) is 8.41. The Hall–Kier alpha value is -1.24. The maximum Gasteiger partial charge on any atom is 0.286 e. The summed E-state index contributed by atoms with van der Waals surface area (Å²) in [7, 11) is 0. The van der Waals surface area contributed by atoms with E-state index in [4.69, 9.17) is 10.00 Å². The standard InChI is InChI=1S/C18H30N2O2/c1-13(2)18(21)20-16-7-3-14(4-8-16)11-15-5-9-17(10-6-15)22-12-19/h13-17H,3-11H2,1-2H3,(H,20,21). The fourth-order valence-electron chi connectivity index (χ4n) is 3.94. The van der Waals surface area contributed by atoms with Crippen molar-refractivity contribution >= 4 is 5.91 Å². The van der Waals surface area contributed by atoms with Gasteiger partial charge < -0.3 is 10.1 Å². The molecular formula is C18H30N2O2. The Balaban J connectivity index is 1.64. The minimum atomic E-state index is 0.0866. The van der Waals surface area contributed by atoms with E-state index in [0.717, 1.165) is 37.5 Å². The molecule has 0 aromatic heterocycles. The fourth-order valence-corrected chi connectivity index (χ4v) is 3.94. The molecule has 1 amide bonds.